The molecular formula is C28H37F3N5O3+. The standard InChI is InChI=1S/C28H36F3N5O3/c1-26(2)12-18(35(15-26)25(39)28(29,30)31)14-32-21(11-17-9-10-17)23(37)36-16-27(13-22(36)34(3)4)19-7-5-6-8-20(19)33-24(27)38/h5-8,17-18,21-22,32H,3,9-16H2,1-2,4H3/p+1/t18?,21-,22-,27-/m0/s1. The highest BCUT2D eigenvalue weighted by atomic mass is 19.4. The molecule has 1 aromatic carbocycles. The Morgan fingerprint density at radius 2 is 1.87 bits per heavy atom. The van der Waals surface area contributed by atoms with Crippen LogP contribution in [0.5, 0.6) is 0 Å². The molecule has 5 rings (SSSR count). The molecule has 3 fully saturated rings. The van der Waals surface area contributed by atoms with E-state index in [2.05, 4.69) is 17.4 Å². The maximum absolute atomic E-state index is 14.1. The van der Waals surface area contributed by atoms with Crippen molar-refractivity contribution in [3.05, 3.63) is 29.8 Å². The number of likely N-dealkylation sites (tertiary alicyclic amines) is 2. The fourth-order valence-corrected chi connectivity index (χ4v) is 6.66. The molecule has 2 N–H and O–H groups in total. The quantitative estimate of drug-likeness (QED) is 0.406. The van der Waals surface area contributed by atoms with Crippen LogP contribution < -0.4 is 10.6 Å². The maximum Gasteiger partial charge on any atom is 0.471 e. The first-order valence-corrected chi connectivity index (χ1v) is 13.6. The topological polar surface area (TPSA) is 84.8 Å². The molecule has 4 aliphatic rings. The Hall–Kier alpha value is -2.95. The Kier molecular flexibility index (Phi) is 6.80. The van der Waals surface area contributed by atoms with Crippen molar-refractivity contribution >= 4 is 30.1 Å². The molecular weight excluding hydrogens is 511 g/mol. The first-order chi connectivity index (χ1) is 18.2. The van der Waals surface area contributed by atoms with Gasteiger partial charge in [0.1, 0.15) is 19.2 Å². The normalized spacial score (nSPS) is 28.5. The number of rotatable bonds is 7. The zero-order valence-corrected chi connectivity index (χ0v) is 22.7. The smallest absolute Gasteiger partial charge is 0.330 e. The summed E-state index contributed by atoms with van der Waals surface area (Å²) in [5.41, 5.74) is 0.250. The number of benzene rings is 1. The summed E-state index contributed by atoms with van der Waals surface area (Å²) in [5.74, 6) is -1.81. The van der Waals surface area contributed by atoms with Crippen LogP contribution in [0.3, 0.4) is 0 Å². The number of hydrogen-bond acceptors (Lipinski definition) is 4. The molecule has 0 aromatic heterocycles. The van der Waals surface area contributed by atoms with Crippen LogP contribution in [0.25, 0.3) is 0 Å². The van der Waals surface area contributed by atoms with Gasteiger partial charge in [-0.25, -0.2) is 4.58 Å². The summed E-state index contributed by atoms with van der Waals surface area (Å²) in [4.78, 5) is 42.2. The van der Waals surface area contributed by atoms with E-state index < -0.39 is 41.2 Å². The van der Waals surface area contributed by atoms with Gasteiger partial charge in [-0.1, -0.05) is 44.9 Å². The van der Waals surface area contributed by atoms with Gasteiger partial charge in [0.05, 0.1) is 12.5 Å². The molecule has 39 heavy (non-hydrogen) atoms. The largest absolute Gasteiger partial charge is 0.471 e. The van der Waals surface area contributed by atoms with Gasteiger partial charge in [0, 0.05) is 31.4 Å². The fraction of sp³-hybridized carbons (Fsp3) is 0.643. The molecule has 1 aliphatic carbocycles. The summed E-state index contributed by atoms with van der Waals surface area (Å²) in [6.45, 7) is 8.02. The second-order valence-corrected chi connectivity index (χ2v) is 12.6. The molecule has 1 aromatic rings. The molecule has 1 spiro atoms. The Morgan fingerprint density at radius 3 is 2.51 bits per heavy atom. The van der Waals surface area contributed by atoms with E-state index in [9.17, 15) is 27.6 Å². The lowest BCUT2D eigenvalue weighted by atomic mass is 9.80. The average molecular weight is 549 g/mol. The van der Waals surface area contributed by atoms with Crippen molar-refractivity contribution in [3.8, 4) is 0 Å². The van der Waals surface area contributed by atoms with Crippen molar-refractivity contribution in [2.75, 3.05) is 32.0 Å². The van der Waals surface area contributed by atoms with E-state index in [1.54, 1.807) is 16.5 Å². The highest BCUT2D eigenvalue weighted by molar-refractivity contribution is 6.07. The van der Waals surface area contributed by atoms with Gasteiger partial charge in [-0.05, 0) is 35.8 Å². The average Bonchev–Trinajstić information content (AvgIpc) is 3.40. The summed E-state index contributed by atoms with van der Waals surface area (Å²) in [6.07, 6.45) is -2.02. The van der Waals surface area contributed by atoms with E-state index in [-0.39, 0.29) is 31.4 Å². The summed E-state index contributed by atoms with van der Waals surface area (Å²) in [7, 11) is 1.77. The van der Waals surface area contributed by atoms with Gasteiger partial charge in [0.25, 0.3) is 0 Å². The highest BCUT2D eigenvalue weighted by Gasteiger charge is 2.59. The number of halogens is 3. The van der Waals surface area contributed by atoms with E-state index >= 15 is 0 Å². The highest BCUT2D eigenvalue weighted by Crippen LogP contribution is 2.47. The third-order valence-corrected chi connectivity index (χ3v) is 8.74. The van der Waals surface area contributed by atoms with E-state index in [4.69, 9.17) is 0 Å². The number of hydrogen-bond donors (Lipinski definition) is 2. The van der Waals surface area contributed by atoms with Gasteiger partial charge in [0.2, 0.25) is 18.0 Å². The minimum absolute atomic E-state index is 0.0104. The molecule has 0 radical (unpaired) electrons. The van der Waals surface area contributed by atoms with Gasteiger partial charge in [-0.3, -0.25) is 19.3 Å². The monoisotopic (exact) mass is 548 g/mol. The molecule has 0 bridgehead atoms. The van der Waals surface area contributed by atoms with E-state index in [1.807, 2.05) is 38.1 Å². The van der Waals surface area contributed by atoms with Gasteiger partial charge >= 0.3 is 12.1 Å². The molecule has 11 heteroatoms. The summed E-state index contributed by atoms with van der Waals surface area (Å²) in [5, 5.41) is 6.22. The SMILES string of the molecule is C=[N+](C)[C@@H]1C[C@@]2(CN1C(=O)[C@H](CC1CC1)NCC1CC(C)(C)CN1C(=O)C(F)(F)F)C(=O)Nc1ccccc12. The van der Waals surface area contributed by atoms with Crippen LogP contribution in [0, 0.1) is 11.3 Å². The first-order valence-electron chi connectivity index (χ1n) is 13.6. The molecule has 1 unspecified atom stereocenters. The number of anilines is 1. The maximum atomic E-state index is 14.1. The first kappa shape index (κ1) is 27.6. The fourth-order valence-electron chi connectivity index (χ4n) is 6.66. The van der Waals surface area contributed by atoms with Crippen molar-refractivity contribution < 1.29 is 32.1 Å². The van der Waals surface area contributed by atoms with E-state index in [1.165, 1.54) is 0 Å². The second-order valence-electron chi connectivity index (χ2n) is 12.6. The number of nitrogens with zero attached hydrogens (tertiary/aromatic N) is 3. The van der Waals surface area contributed by atoms with Crippen molar-refractivity contribution in [2.45, 2.75) is 75.8 Å². The Labute approximate surface area is 226 Å². The van der Waals surface area contributed by atoms with Crippen molar-refractivity contribution in [1.29, 1.82) is 0 Å². The third kappa shape index (κ3) is 5.17. The van der Waals surface area contributed by atoms with Gasteiger partial charge in [-0.15, -0.1) is 0 Å². The van der Waals surface area contributed by atoms with Gasteiger partial charge < -0.3 is 15.5 Å². The lowest BCUT2D eigenvalue weighted by molar-refractivity contribution is -0.549. The van der Waals surface area contributed by atoms with Crippen LogP contribution in [0.1, 0.15) is 51.5 Å². The van der Waals surface area contributed by atoms with Crippen molar-refractivity contribution in [2.24, 2.45) is 11.3 Å². The number of alkyl halides is 3. The van der Waals surface area contributed by atoms with Crippen LogP contribution in [-0.2, 0) is 19.8 Å². The summed E-state index contributed by atoms with van der Waals surface area (Å²) < 4.78 is 41.7. The Morgan fingerprint density at radius 1 is 1.18 bits per heavy atom. The van der Waals surface area contributed by atoms with E-state index in [0.717, 1.165) is 29.0 Å². The second kappa shape index (κ2) is 9.60. The minimum Gasteiger partial charge on any atom is -0.330 e. The number of amides is 3. The van der Waals surface area contributed by atoms with E-state index in [0.29, 0.717) is 25.2 Å². The number of carbonyl (C=O) groups excluding carboxylic acids is 3. The minimum atomic E-state index is -4.95. The zero-order chi connectivity index (χ0) is 28.3. The Bertz CT molecular complexity index is 1200. The van der Waals surface area contributed by atoms with Gasteiger partial charge in [0.15, 0.2) is 0 Å². The molecule has 212 valence electrons. The van der Waals surface area contributed by atoms with Crippen molar-refractivity contribution in [3.63, 3.8) is 0 Å². The van der Waals surface area contributed by atoms with Crippen LogP contribution in [0.4, 0.5) is 18.9 Å². The number of nitrogens with one attached hydrogen (secondary N) is 2. The third-order valence-electron chi connectivity index (χ3n) is 8.74. The predicted molar refractivity (Wildman–Crippen MR) is 139 cm³/mol. The summed E-state index contributed by atoms with van der Waals surface area (Å²) >= 11 is 0. The Balaban J connectivity index is 1.37. The lowest BCUT2D eigenvalue weighted by Crippen LogP contribution is -2.54. The molecule has 4 atom stereocenters. The van der Waals surface area contributed by atoms with Crippen LogP contribution in [-0.4, -0.2) is 89.9 Å². The molecule has 3 aliphatic heterocycles. The van der Waals surface area contributed by atoms with Gasteiger partial charge in [-0.2, -0.15) is 13.2 Å². The molecule has 1 saturated carbocycles. The zero-order valence-electron chi connectivity index (χ0n) is 22.7. The molecule has 3 heterocycles. The lowest BCUT2D eigenvalue weighted by Gasteiger charge is -2.30. The molecule has 3 amide bonds. The number of carbonyl (C=O) groups is 3. The van der Waals surface area contributed by atoms with Crippen LogP contribution in [0.15, 0.2) is 24.3 Å². The van der Waals surface area contributed by atoms with Crippen molar-refractivity contribution in [1.82, 2.24) is 15.1 Å². The number of fused-ring (bicyclic) bond motifs is 2. The molecule has 8 nitrogen and oxygen atoms in total. The van der Waals surface area contributed by atoms with Crippen LogP contribution >= 0.6 is 0 Å². The number of para-hydroxylation sites is 1. The summed E-state index contributed by atoms with van der Waals surface area (Å²) in [6, 6.07) is 6.18. The predicted octanol–water partition coefficient (Wildman–Crippen LogP) is 2.73. The molecule has 2 saturated heterocycles. The van der Waals surface area contributed by atoms with Crippen LogP contribution in [0.2, 0.25) is 0 Å².